The molecule has 0 saturated carbocycles. The zero-order chi connectivity index (χ0) is 55.3. The Kier molecular flexibility index (Phi) is 20.0. The fourth-order valence-corrected chi connectivity index (χ4v) is 9.09. The lowest BCUT2D eigenvalue weighted by molar-refractivity contribution is -0.144. The highest BCUT2D eigenvalue weighted by Gasteiger charge is 2.46. The van der Waals surface area contributed by atoms with E-state index in [1.165, 1.54) is 34.2 Å². The first-order valence-corrected chi connectivity index (χ1v) is 25.6. The zero-order valence-electron chi connectivity index (χ0n) is 44.5. The van der Waals surface area contributed by atoms with Crippen LogP contribution in [0.3, 0.4) is 0 Å². The number of fused-ring (bicyclic) bond motifs is 5. The lowest BCUT2D eigenvalue weighted by Crippen LogP contribution is -2.59. The number of nitrogens with two attached hydrogens (primary N) is 1. The van der Waals surface area contributed by atoms with Gasteiger partial charge < -0.3 is 56.3 Å². The molecule has 2 aromatic heterocycles. The van der Waals surface area contributed by atoms with Crippen molar-refractivity contribution in [1.29, 1.82) is 5.26 Å². The maximum absolute atomic E-state index is 14.5. The van der Waals surface area contributed by atoms with Gasteiger partial charge >= 0.3 is 0 Å². The first-order chi connectivity index (χ1) is 36.2. The molecule has 6 rings (SSSR count). The van der Waals surface area contributed by atoms with Crippen molar-refractivity contribution in [2.24, 2.45) is 5.41 Å². The maximum Gasteiger partial charge on any atom is 0.254 e. The first kappa shape index (κ1) is 57.8. The monoisotopic (exact) mass is 1050 g/mol. The number of carbonyl (C=O) groups is 6. The molecule has 22 heteroatoms. The average molecular weight is 1050 g/mol. The van der Waals surface area contributed by atoms with E-state index in [0.717, 1.165) is 5.56 Å². The van der Waals surface area contributed by atoms with Gasteiger partial charge in [0.25, 0.3) is 5.91 Å². The first-order valence-electron chi connectivity index (χ1n) is 25.6. The van der Waals surface area contributed by atoms with E-state index in [0.29, 0.717) is 28.8 Å². The molecular weight excluding hydrogens is 980 g/mol. The van der Waals surface area contributed by atoms with Gasteiger partial charge in [0.15, 0.2) is 17.3 Å². The van der Waals surface area contributed by atoms with Crippen molar-refractivity contribution in [3.8, 4) is 22.9 Å². The van der Waals surface area contributed by atoms with Gasteiger partial charge in [-0.2, -0.15) is 10.4 Å². The SMILES string of the molecule is CC[C@@H](NC(=O)[C@@H]1C[C@H](NC(=O)CCOCCOCCC(=O)NCCn2nc(C#N)c3c2CN(C)C(=O)c2ccc(F)cc2[C@@H](C)Oc2cc-3cnc2N)CN1C(=O)[C@@H](NC(=O)[C@H](C)NC)C(C)(C)C)c1ccccc1. The van der Waals surface area contributed by atoms with Crippen LogP contribution >= 0.6 is 0 Å². The van der Waals surface area contributed by atoms with E-state index in [9.17, 15) is 38.4 Å². The van der Waals surface area contributed by atoms with Gasteiger partial charge in [0.2, 0.25) is 29.5 Å². The fraction of sp³-hybridized carbons (Fsp3) is 0.500. The molecule has 6 amide bonds. The van der Waals surface area contributed by atoms with E-state index < -0.39 is 53.3 Å². The second kappa shape index (κ2) is 26.3. The number of carbonyl (C=O) groups excluding carboxylic acids is 6. The summed E-state index contributed by atoms with van der Waals surface area (Å²) < 4.78 is 33.4. The predicted octanol–water partition coefficient (Wildman–Crippen LogP) is 3.69. The molecule has 2 aliphatic heterocycles. The van der Waals surface area contributed by atoms with Crippen LogP contribution in [-0.2, 0) is 46.5 Å². The number of pyridine rings is 1. The van der Waals surface area contributed by atoms with Crippen LogP contribution in [0.2, 0.25) is 0 Å². The molecule has 6 atom stereocenters. The molecule has 21 nitrogen and oxygen atoms in total. The highest BCUT2D eigenvalue weighted by atomic mass is 19.1. The Labute approximate surface area is 442 Å². The smallest absolute Gasteiger partial charge is 0.254 e. The molecular formula is C54H71FN12O9. The minimum absolute atomic E-state index is 0.000899. The highest BCUT2D eigenvalue weighted by molar-refractivity contribution is 5.96. The van der Waals surface area contributed by atoms with E-state index in [1.54, 1.807) is 38.7 Å². The third kappa shape index (κ3) is 14.7. The fourth-order valence-electron chi connectivity index (χ4n) is 9.09. The van der Waals surface area contributed by atoms with Crippen LogP contribution in [0.1, 0.15) is 112 Å². The molecule has 2 aromatic carbocycles. The Bertz CT molecular complexity index is 2760. The summed E-state index contributed by atoms with van der Waals surface area (Å²) in [6.45, 7) is 11.6. The zero-order valence-corrected chi connectivity index (χ0v) is 44.5. The second-order valence-corrected chi connectivity index (χ2v) is 20.0. The lowest BCUT2D eigenvalue weighted by Gasteiger charge is -2.36. The Morgan fingerprint density at radius 1 is 1.00 bits per heavy atom. The molecule has 0 aliphatic carbocycles. The van der Waals surface area contributed by atoms with Crippen LogP contribution < -0.4 is 37.1 Å². The number of likely N-dealkylation sites (tertiary alicyclic amines) is 1. The number of halogens is 1. The summed E-state index contributed by atoms with van der Waals surface area (Å²) in [4.78, 5) is 88.5. The largest absolute Gasteiger partial charge is 0.482 e. The minimum atomic E-state index is -0.955. The van der Waals surface area contributed by atoms with Crippen molar-refractivity contribution >= 4 is 41.3 Å². The number of likely N-dealkylation sites (N-methyl/N-ethyl adjacent to an activating group) is 1. The van der Waals surface area contributed by atoms with Gasteiger partial charge in [-0.05, 0) is 69.0 Å². The van der Waals surface area contributed by atoms with Crippen LogP contribution in [0.25, 0.3) is 11.1 Å². The number of nitrogens with one attached hydrogen (secondary N) is 5. The third-order valence-corrected chi connectivity index (χ3v) is 13.4. The normalized spacial score (nSPS) is 17.6. The number of benzene rings is 2. The number of anilines is 1. The van der Waals surface area contributed by atoms with E-state index in [1.807, 2.05) is 58.0 Å². The van der Waals surface area contributed by atoms with Crippen molar-refractivity contribution in [3.63, 3.8) is 0 Å². The number of nitrogen functional groups attached to an aromatic ring is 1. The molecule has 2 aliphatic rings. The molecule has 1 saturated heterocycles. The van der Waals surface area contributed by atoms with Gasteiger partial charge in [0, 0.05) is 67.5 Å². The van der Waals surface area contributed by atoms with Crippen molar-refractivity contribution < 1.29 is 47.4 Å². The number of nitriles is 1. The Morgan fingerprint density at radius 3 is 2.36 bits per heavy atom. The van der Waals surface area contributed by atoms with Crippen molar-refractivity contribution in [2.45, 2.75) is 117 Å². The summed E-state index contributed by atoms with van der Waals surface area (Å²) in [7, 11) is 3.23. The van der Waals surface area contributed by atoms with Gasteiger partial charge in [-0.1, -0.05) is 58.0 Å². The third-order valence-electron chi connectivity index (χ3n) is 13.4. The molecule has 0 radical (unpaired) electrons. The number of nitrogens with zero attached hydrogens (tertiary/aromatic N) is 6. The topological polar surface area (TPSA) is 277 Å². The number of ether oxygens (including phenoxy) is 3. The summed E-state index contributed by atoms with van der Waals surface area (Å²) in [5.74, 6) is -2.50. The van der Waals surface area contributed by atoms with Gasteiger partial charge in [-0.3, -0.25) is 33.4 Å². The van der Waals surface area contributed by atoms with Gasteiger partial charge in [0.05, 0.1) is 57.3 Å². The average Bonchev–Trinajstić information content (AvgIpc) is 3.99. The molecule has 4 heterocycles. The quantitative estimate of drug-likeness (QED) is 0.0650. The summed E-state index contributed by atoms with van der Waals surface area (Å²) >= 11 is 0. The number of aromatic nitrogens is 3. The number of hydrogen-bond donors (Lipinski definition) is 6. The molecule has 408 valence electrons. The molecule has 7 N–H and O–H groups in total. The molecule has 76 heavy (non-hydrogen) atoms. The molecule has 0 spiro atoms. The molecule has 2 bridgehead atoms. The van der Waals surface area contributed by atoms with Gasteiger partial charge in [0.1, 0.15) is 30.1 Å². The van der Waals surface area contributed by atoms with E-state index in [2.05, 4.69) is 42.7 Å². The maximum atomic E-state index is 14.5. The van der Waals surface area contributed by atoms with Crippen LogP contribution in [0, 0.1) is 22.6 Å². The summed E-state index contributed by atoms with van der Waals surface area (Å²) in [6.07, 6.45) is 1.51. The summed E-state index contributed by atoms with van der Waals surface area (Å²) in [5, 5.41) is 29.4. The minimum Gasteiger partial charge on any atom is -0.482 e. The summed E-state index contributed by atoms with van der Waals surface area (Å²) in [5.41, 5.74) is 8.35. The van der Waals surface area contributed by atoms with Crippen LogP contribution in [0.4, 0.5) is 10.2 Å². The van der Waals surface area contributed by atoms with E-state index in [-0.39, 0.29) is 124 Å². The van der Waals surface area contributed by atoms with Crippen molar-refractivity contribution in [3.05, 3.63) is 94.7 Å². The Balaban J connectivity index is 0.971. The van der Waals surface area contributed by atoms with Gasteiger partial charge in [-0.25, -0.2) is 9.37 Å². The van der Waals surface area contributed by atoms with Crippen molar-refractivity contribution in [1.82, 2.24) is 51.1 Å². The second-order valence-electron chi connectivity index (χ2n) is 20.0. The summed E-state index contributed by atoms with van der Waals surface area (Å²) in [6, 6.07) is 13.9. The Morgan fingerprint density at radius 2 is 1.70 bits per heavy atom. The van der Waals surface area contributed by atoms with Crippen LogP contribution in [0.5, 0.6) is 5.75 Å². The van der Waals surface area contributed by atoms with Crippen molar-refractivity contribution in [2.75, 3.05) is 59.3 Å². The number of amides is 6. The van der Waals surface area contributed by atoms with Crippen LogP contribution in [0.15, 0.2) is 60.8 Å². The highest BCUT2D eigenvalue weighted by Crippen LogP contribution is 2.36. The molecule has 4 aromatic rings. The van der Waals surface area contributed by atoms with Gasteiger partial charge in [-0.15, -0.1) is 0 Å². The standard InChI is InChI=1S/C54H71FN12O9/c1-9-40(34-13-11-10-12-14-34)62-51(71)42-27-37(30-66(42)53(73)48(54(4,5)6)63-50(70)32(2)58-7)61-46(69)18-22-75-24-23-74-21-17-45(68)59-19-20-67-43-31-65(8)52(72)38-16-15-36(55)26-39(38)33(3)76-44-25-35(29-60-49(44)57)47(43)41(28-56)64-67/h10-16,25-26,29,32-33,37,40,42,48,58H,9,17-24,27,30-31H2,1-8H3,(H2,57,60)(H,59,68)(H,61,69)(H,62,71)(H,63,70)/t32-,33+,37-,40+,42-,48+/m0/s1. The number of hydrogen-bond acceptors (Lipinski definition) is 14. The van der Waals surface area contributed by atoms with E-state index in [4.69, 9.17) is 19.9 Å². The Hall–Kier alpha value is -7.48. The molecule has 1 fully saturated rings. The molecule has 0 unspecified atom stereocenters. The van der Waals surface area contributed by atoms with E-state index >= 15 is 0 Å². The van der Waals surface area contributed by atoms with Crippen LogP contribution in [-0.4, -0.2) is 138 Å². The lowest BCUT2D eigenvalue weighted by atomic mass is 9.85. The predicted molar refractivity (Wildman–Crippen MR) is 279 cm³/mol. The number of rotatable bonds is 21.